The lowest BCUT2D eigenvalue weighted by Gasteiger charge is -2.18. The van der Waals surface area contributed by atoms with Gasteiger partial charge in [-0.15, -0.1) is 0 Å². The zero-order valence-corrected chi connectivity index (χ0v) is 9.86. The molecule has 0 aliphatic rings. The van der Waals surface area contributed by atoms with Crippen molar-refractivity contribution < 1.29 is 0 Å². The monoisotopic (exact) mass is 157 g/mol. The summed E-state index contributed by atoms with van der Waals surface area (Å²) in [4.78, 5) is 2.24. The van der Waals surface area contributed by atoms with Gasteiger partial charge >= 0.3 is 0 Å². The van der Waals surface area contributed by atoms with Crippen molar-refractivity contribution in [3.8, 4) is 0 Å². The minimum Gasteiger partial charge on any atom is -0.381 e. The molecule has 0 heterocycles. The number of hydrogen-bond donors (Lipinski definition) is 0. The van der Waals surface area contributed by atoms with Crippen LogP contribution in [0.5, 0.6) is 0 Å². The molecule has 0 saturated carbocycles. The van der Waals surface area contributed by atoms with Crippen molar-refractivity contribution in [1.29, 1.82) is 0 Å². The molecule has 0 N–H and O–H groups in total. The highest BCUT2D eigenvalue weighted by Gasteiger charge is 1.98. The van der Waals surface area contributed by atoms with Gasteiger partial charge in [0.2, 0.25) is 0 Å². The fourth-order valence-electron chi connectivity index (χ4n) is 1.20. The second-order valence-corrected chi connectivity index (χ2v) is 4.04. The molecule has 0 saturated heterocycles. The first-order chi connectivity index (χ1) is 4.63. The molecule has 0 aromatic carbocycles. The van der Waals surface area contributed by atoms with Gasteiger partial charge < -0.3 is 4.90 Å². The zero-order chi connectivity index (χ0) is 8.15. The molecular formula is C8H19NSi. The van der Waals surface area contributed by atoms with Gasteiger partial charge in [0.25, 0.3) is 0 Å². The quantitative estimate of drug-likeness (QED) is 0.551. The summed E-state index contributed by atoms with van der Waals surface area (Å²) in [5.74, 6) is 0. The summed E-state index contributed by atoms with van der Waals surface area (Å²) in [6.45, 7) is 4.46. The van der Waals surface area contributed by atoms with Crippen LogP contribution in [0.25, 0.3) is 0 Å². The van der Waals surface area contributed by atoms with E-state index < -0.39 is 0 Å². The van der Waals surface area contributed by atoms with E-state index >= 15 is 0 Å². The van der Waals surface area contributed by atoms with E-state index in [1.54, 1.807) is 5.20 Å². The normalized spacial score (nSPS) is 13.2. The smallest absolute Gasteiger partial charge is 0.0355 e. The van der Waals surface area contributed by atoms with Crippen LogP contribution in [0.1, 0.15) is 26.7 Å². The van der Waals surface area contributed by atoms with Gasteiger partial charge in [0.15, 0.2) is 0 Å². The Morgan fingerprint density at radius 2 is 1.70 bits per heavy atom. The van der Waals surface area contributed by atoms with Crippen LogP contribution in [0, 0.1) is 0 Å². The highest BCUT2D eigenvalue weighted by molar-refractivity contribution is 6.21. The van der Waals surface area contributed by atoms with Crippen LogP contribution in [0.15, 0.2) is 10.9 Å². The summed E-state index contributed by atoms with van der Waals surface area (Å²) in [5, 5.41) is 1.65. The van der Waals surface area contributed by atoms with Crippen molar-refractivity contribution in [2.75, 3.05) is 14.1 Å². The average molecular weight is 157 g/mol. The Balaban J connectivity index is 4.29. The van der Waals surface area contributed by atoms with Gasteiger partial charge in [-0.05, 0) is 12.8 Å². The van der Waals surface area contributed by atoms with Gasteiger partial charge in [-0.3, -0.25) is 0 Å². The van der Waals surface area contributed by atoms with E-state index in [1.807, 2.05) is 0 Å². The molecular weight excluding hydrogens is 138 g/mol. The summed E-state index contributed by atoms with van der Waals surface area (Å²) in [7, 11) is 5.48. The van der Waals surface area contributed by atoms with E-state index in [2.05, 4.69) is 32.8 Å². The summed E-state index contributed by atoms with van der Waals surface area (Å²) in [5.41, 5.74) is 1.54. The van der Waals surface area contributed by atoms with Crippen LogP contribution in [-0.2, 0) is 0 Å². The Bertz CT molecular complexity index is 127. The predicted molar refractivity (Wildman–Crippen MR) is 51.2 cm³/mol. The maximum Gasteiger partial charge on any atom is 0.0355 e. The van der Waals surface area contributed by atoms with Gasteiger partial charge in [-0.1, -0.05) is 19.0 Å². The Kier molecular flexibility index (Phi) is 4.44. The molecule has 0 fully saturated rings. The topological polar surface area (TPSA) is 3.24 Å². The minimum atomic E-state index is 1.18. The summed E-state index contributed by atoms with van der Waals surface area (Å²) in [6, 6.07) is 0. The van der Waals surface area contributed by atoms with Crippen LogP contribution in [0.4, 0.5) is 0 Å². The van der Waals surface area contributed by atoms with E-state index in [-0.39, 0.29) is 0 Å². The first kappa shape index (κ1) is 9.76. The lowest BCUT2D eigenvalue weighted by molar-refractivity contribution is 0.489. The molecule has 0 rings (SSSR count). The third-order valence-electron chi connectivity index (χ3n) is 1.90. The first-order valence-corrected chi connectivity index (χ1v) is 4.99. The Morgan fingerprint density at radius 1 is 1.20 bits per heavy atom. The first-order valence-electron chi connectivity index (χ1n) is 3.99. The van der Waals surface area contributed by atoms with Crippen LogP contribution >= 0.6 is 0 Å². The minimum absolute atomic E-state index is 1.18. The highest BCUT2D eigenvalue weighted by Crippen LogP contribution is 2.10. The highest BCUT2D eigenvalue weighted by atomic mass is 28.1. The summed E-state index contributed by atoms with van der Waals surface area (Å²) < 4.78 is 0. The number of hydrogen-bond acceptors (Lipinski definition) is 1. The maximum absolute atomic E-state index is 2.24. The number of allylic oxidation sites excluding steroid dienone is 2. The summed E-state index contributed by atoms with van der Waals surface area (Å²) in [6.07, 6.45) is 2.41. The summed E-state index contributed by atoms with van der Waals surface area (Å²) >= 11 is 0. The third kappa shape index (κ3) is 2.56. The predicted octanol–water partition coefficient (Wildman–Crippen LogP) is 0.945. The molecule has 0 spiro atoms. The van der Waals surface area contributed by atoms with Gasteiger partial charge in [0, 0.05) is 30.0 Å². The SMILES string of the molecule is CCC([SiH3])=C(CC)N(C)C. The van der Waals surface area contributed by atoms with E-state index in [4.69, 9.17) is 0 Å². The van der Waals surface area contributed by atoms with Crippen molar-refractivity contribution in [1.82, 2.24) is 4.90 Å². The maximum atomic E-state index is 2.24. The molecule has 1 nitrogen and oxygen atoms in total. The Hall–Kier alpha value is -0.243. The molecule has 10 heavy (non-hydrogen) atoms. The van der Waals surface area contributed by atoms with Crippen LogP contribution in [-0.4, -0.2) is 29.2 Å². The zero-order valence-electron chi connectivity index (χ0n) is 7.86. The standard InChI is InChI=1S/C8H19NSi/c1-5-7(9(3)4)8(10)6-2/h5-6H2,1-4,10H3. The lowest BCUT2D eigenvalue weighted by Crippen LogP contribution is -2.12. The van der Waals surface area contributed by atoms with Gasteiger partial charge in [-0.25, -0.2) is 0 Å². The van der Waals surface area contributed by atoms with Crippen molar-refractivity contribution in [3.05, 3.63) is 10.9 Å². The van der Waals surface area contributed by atoms with Crippen molar-refractivity contribution in [2.45, 2.75) is 26.7 Å². The molecule has 2 heteroatoms. The number of rotatable bonds is 3. The van der Waals surface area contributed by atoms with Crippen LogP contribution in [0.3, 0.4) is 0 Å². The molecule has 60 valence electrons. The molecule has 0 unspecified atom stereocenters. The third-order valence-corrected chi connectivity index (χ3v) is 3.18. The number of nitrogens with zero attached hydrogens (tertiary/aromatic N) is 1. The molecule has 0 aliphatic carbocycles. The van der Waals surface area contributed by atoms with Crippen LogP contribution < -0.4 is 0 Å². The molecule has 0 bridgehead atoms. The largest absolute Gasteiger partial charge is 0.381 e. The Labute approximate surface area is 67.5 Å². The fraction of sp³-hybridized carbons (Fsp3) is 0.750. The van der Waals surface area contributed by atoms with Crippen LogP contribution in [0.2, 0.25) is 0 Å². The van der Waals surface area contributed by atoms with E-state index in [0.717, 1.165) is 0 Å². The van der Waals surface area contributed by atoms with E-state index in [0.29, 0.717) is 0 Å². The van der Waals surface area contributed by atoms with Crippen molar-refractivity contribution in [2.24, 2.45) is 0 Å². The molecule has 0 atom stereocenters. The fourth-order valence-corrected chi connectivity index (χ4v) is 2.00. The molecule has 0 radical (unpaired) electrons. The van der Waals surface area contributed by atoms with Gasteiger partial charge in [0.05, 0.1) is 0 Å². The van der Waals surface area contributed by atoms with Crippen molar-refractivity contribution in [3.63, 3.8) is 0 Å². The average Bonchev–Trinajstić information content (AvgIpc) is 1.88. The van der Waals surface area contributed by atoms with Gasteiger partial charge in [0.1, 0.15) is 0 Å². The van der Waals surface area contributed by atoms with E-state index in [1.165, 1.54) is 28.8 Å². The van der Waals surface area contributed by atoms with E-state index in [9.17, 15) is 0 Å². The lowest BCUT2D eigenvalue weighted by atomic mass is 10.2. The Morgan fingerprint density at radius 3 is 1.80 bits per heavy atom. The second kappa shape index (κ2) is 4.55. The van der Waals surface area contributed by atoms with Gasteiger partial charge in [-0.2, -0.15) is 0 Å². The molecule has 0 amide bonds. The second-order valence-electron chi connectivity index (χ2n) is 2.83. The van der Waals surface area contributed by atoms with Crippen molar-refractivity contribution >= 4 is 10.2 Å². The molecule has 0 aromatic rings. The molecule has 0 aromatic heterocycles. The molecule has 0 aliphatic heterocycles.